The molecule has 7 heteroatoms. The van der Waals surface area contributed by atoms with Gasteiger partial charge < -0.3 is 26.7 Å². The molecule has 0 heterocycles. The van der Waals surface area contributed by atoms with E-state index < -0.39 is 17.7 Å². The van der Waals surface area contributed by atoms with Crippen molar-refractivity contribution in [1.82, 2.24) is 0 Å². The standard InChI is InChI=1S/C10H21N3O4/c11-2-4-17-6-5-16-3-1-8(10(13)15)7-9(12)14/h8H,1-7,11H2,(H2,12,14)(H2,13,15). The second-order valence-corrected chi connectivity index (χ2v) is 3.57. The molecule has 7 nitrogen and oxygen atoms in total. The van der Waals surface area contributed by atoms with Gasteiger partial charge in [0.1, 0.15) is 0 Å². The van der Waals surface area contributed by atoms with Crippen molar-refractivity contribution < 1.29 is 19.1 Å². The van der Waals surface area contributed by atoms with E-state index in [1.165, 1.54) is 0 Å². The van der Waals surface area contributed by atoms with Crippen LogP contribution in [0.3, 0.4) is 0 Å². The number of rotatable bonds is 11. The Morgan fingerprint density at radius 3 is 2.06 bits per heavy atom. The maximum atomic E-state index is 11.0. The highest BCUT2D eigenvalue weighted by atomic mass is 16.5. The van der Waals surface area contributed by atoms with E-state index in [9.17, 15) is 9.59 Å². The first-order valence-corrected chi connectivity index (χ1v) is 5.51. The molecule has 17 heavy (non-hydrogen) atoms. The van der Waals surface area contributed by atoms with E-state index in [2.05, 4.69) is 0 Å². The molecule has 0 aromatic carbocycles. The van der Waals surface area contributed by atoms with Gasteiger partial charge >= 0.3 is 0 Å². The van der Waals surface area contributed by atoms with Gasteiger partial charge in [0.15, 0.2) is 0 Å². The van der Waals surface area contributed by atoms with Gasteiger partial charge in [0.25, 0.3) is 0 Å². The van der Waals surface area contributed by atoms with Gasteiger partial charge in [-0.1, -0.05) is 0 Å². The van der Waals surface area contributed by atoms with Crippen molar-refractivity contribution in [2.75, 3.05) is 33.0 Å². The highest BCUT2D eigenvalue weighted by molar-refractivity contribution is 5.83. The van der Waals surface area contributed by atoms with Crippen molar-refractivity contribution in [1.29, 1.82) is 0 Å². The summed E-state index contributed by atoms with van der Waals surface area (Å²) in [6.07, 6.45) is 0.345. The number of carbonyl (C=O) groups excluding carboxylic acids is 2. The van der Waals surface area contributed by atoms with Crippen LogP contribution in [0.5, 0.6) is 0 Å². The zero-order valence-corrected chi connectivity index (χ0v) is 9.89. The molecule has 0 bridgehead atoms. The van der Waals surface area contributed by atoms with Gasteiger partial charge in [-0.3, -0.25) is 9.59 Å². The van der Waals surface area contributed by atoms with Gasteiger partial charge in [0, 0.05) is 25.5 Å². The Morgan fingerprint density at radius 1 is 1.00 bits per heavy atom. The molecule has 2 amide bonds. The Balaban J connectivity index is 3.55. The maximum absolute atomic E-state index is 11.0. The molecule has 0 radical (unpaired) electrons. The van der Waals surface area contributed by atoms with Crippen LogP contribution in [-0.2, 0) is 19.1 Å². The molecule has 0 aliphatic rings. The van der Waals surface area contributed by atoms with Crippen LogP contribution in [0.1, 0.15) is 12.8 Å². The molecule has 0 aromatic rings. The molecule has 0 aliphatic heterocycles. The summed E-state index contributed by atoms with van der Waals surface area (Å²) in [7, 11) is 0. The van der Waals surface area contributed by atoms with Gasteiger partial charge in [0.2, 0.25) is 11.8 Å². The summed E-state index contributed by atoms with van der Waals surface area (Å²) >= 11 is 0. The molecule has 0 aromatic heterocycles. The molecule has 0 aliphatic carbocycles. The zero-order chi connectivity index (χ0) is 13.1. The van der Waals surface area contributed by atoms with Crippen LogP contribution in [-0.4, -0.2) is 44.8 Å². The van der Waals surface area contributed by atoms with E-state index in [-0.39, 0.29) is 6.42 Å². The van der Waals surface area contributed by atoms with Gasteiger partial charge in [0.05, 0.1) is 19.8 Å². The molecule has 0 spiro atoms. The number of hydrogen-bond acceptors (Lipinski definition) is 5. The van der Waals surface area contributed by atoms with Gasteiger partial charge in [-0.2, -0.15) is 0 Å². The summed E-state index contributed by atoms with van der Waals surface area (Å²) in [4.78, 5) is 21.6. The summed E-state index contributed by atoms with van der Waals surface area (Å²) < 4.78 is 10.3. The SMILES string of the molecule is NCCOCCOCCC(CC(N)=O)C(N)=O. The van der Waals surface area contributed by atoms with Crippen molar-refractivity contribution in [3.05, 3.63) is 0 Å². The molecule has 1 atom stereocenters. The van der Waals surface area contributed by atoms with E-state index in [1.807, 2.05) is 0 Å². The third kappa shape index (κ3) is 9.73. The quantitative estimate of drug-likeness (QED) is 0.376. The minimum atomic E-state index is -0.558. The zero-order valence-electron chi connectivity index (χ0n) is 9.89. The predicted octanol–water partition coefficient (Wildman–Crippen LogP) is -1.65. The average molecular weight is 247 g/mol. The van der Waals surface area contributed by atoms with Crippen LogP contribution in [0.2, 0.25) is 0 Å². The fraction of sp³-hybridized carbons (Fsp3) is 0.800. The van der Waals surface area contributed by atoms with Crippen molar-refractivity contribution in [3.63, 3.8) is 0 Å². The summed E-state index contributed by atoms with van der Waals surface area (Å²) in [6.45, 7) is 2.18. The Labute approximate surface area is 101 Å². The Bertz CT molecular complexity index is 236. The molecular formula is C10H21N3O4. The largest absolute Gasteiger partial charge is 0.379 e. The minimum Gasteiger partial charge on any atom is -0.379 e. The summed E-state index contributed by atoms with van der Waals surface area (Å²) in [5.74, 6) is -1.63. The number of primary amides is 2. The van der Waals surface area contributed by atoms with Crippen LogP contribution in [0.4, 0.5) is 0 Å². The van der Waals surface area contributed by atoms with Crippen LogP contribution >= 0.6 is 0 Å². The van der Waals surface area contributed by atoms with Crippen LogP contribution in [0.15, 0.2) is 0 Å². The van der Waals surface area contributed by atoms with Crippen LogP contribution < -0.4 is 17.2 Å². The minimum absolute atomic E-state index is 0.0393. The lowest BCUT2D eigenvalue weighted by Crippen LogP contribution is -2.29. The number of hydrogen-bond donors (Lipinski definition) is 3. The van der Waals surface area contributed by atoms with Crippen LogP contribution in [0, 0.1) is 5.92 Å². The Morgan fingerprint density at radius 2 is 1.59 bits per heavy atom. The van der Waals surface area contributed by atoms with E-state index >= 15 is 0 Å². The third-order valence-electron chi connectivity index (χ3n) is 2.09. The first-order chi connectivity index (χ1) is 8.07. The second-order valence-electron chi connectivity index (χ2n) is 3.57. The van der Waals surface area contributed by atoms with E-state index in [4.69, 9.17) is 26.7 Å². The van der Waals surface area contributed by atoms with Gasteiger partial charge in [-0.25, -0.2) is 0 Å². The highest BCUT2D eigenvalue weighted by Gasteiger charge is 2.17. The number of amides is 2. The van der Waals surface area contributed by atoms with Crippen molar-refractivity contribution in [2.24, 2.45) is 23.1 Å². The van der Waals surface area contributed by atoms with Gasteiger partial charge in [-0.05, 0) is 6.42 Å². The monoisotopic (exact) mass is 247 g/mol. The fourth-order valence-corrected chi connectivity index (χ4v) is 1.22. The second kappa shape index (κ2) is 10.0. The highest BCUT2D eigenvalue weighted by Crippen LogP contribution is 2.07. The van der Waals surface area contributed by atoms with E-state index in [0.717, 1.165) is 0 Å². The fourth-order valence-electron chi connectivity index (χ4n) is 1.22. The number of carbonyl (C=O) groups is 2. The van der Waals surface area contributed by atoms with E-state index in [1.54, 1.807) is 0 Å². The summed E-state index contributed by atoms with van der Waals surface area (Å²) in [5, 5.41) is 0. The topological polar surface area (TPSA) is 131 Å². The first kappa shape index (κ1) is 15.8. The molecule has 0 saturated carbocycles. The Hall–Kier alpha value is -1.18. The average Bonchev–Trinajstić information content (AvgIpc) is 2.25. The molecule has 100 valence electrons. The Kier molecular flexibility index (Phi) is 9.31. The molecular weight excluding hydrogens is 226 g/mol. The number of nitrogens with two attached hydrogens (primary N) is 3. The number of ether oxygens (including phenoxy) is 2. The lowest BCUT2D eigenvalue weighted by molar-refractivity contribution is -0.127. The summed E-state index contributed by atoms with van der Waals surface area (Å²) in [6, 6.07) is 0. The summed E-state index contributed by atoms with van der Waals surface area (Å²) in [5.41, 5.74) is 15.3. The van der Waals surface area contributed by atoms with Gasteiger partial charge in [-0.15, -0.1) is 0 Å². The molecule has 0 rings (SSSR count). The first-order valence-electron chi connectivity index (χ1n) is 5.51. The molecule has 6 N–H and O–H groups in total. The van der Waals surface area contributed by atoms with Crippen molar-refractivity contribution in [2.45, 2.75) is 12.8 Å². The molecule has 0 fully saturated rings. The van der Waals surface area contributed by atoms with E-state index in [0.29, 0.717) is 39.4 Å². The lowest BCUT2D eigenvalue weighted by atomic mass is 10.0. The molecule has 0 saturated heterocycles. The third-order valence-corrected chi connectivity index (χ3v) is 2.09. The normalized spacial score (nSPS) is 12.3. The van der Waals surface area contributed by atoms with Crippen LogP contribution in [0.25, 0.3) is 0 Å². The predicted molar refractivity (Wildman–Crippen MR) is 61.8 cm³/mol. The maximum Gasteiger partial charge on any atom is 0.221 e. The molecule has 1 unspecified atom stereocenters. The van der Waals surface area contributed by atoms with Crippen molar-refractivity contribution in [3.8, 4) is 0 Å². The lowest BCUT2D eigenvalue weighted by Gasteiger charge is -2.11. The van der Waals surface area contributed by atoms with Crippen molar-refractivity contribution >= 4 is 11.8 Å². The smallest absolute Gasteiger partial charge is 0.221 e.